The maximum absolute atomic E-state index is 12.2. The van der Waals surface area contributed by atoms with Gasteiger partial charge in [0.05, 0.1) is 12.7 Å². The second-order valence-electron chi connectivity index (χ2n) is 5.73. The van der Waals surface area contributed by atoms with E-state index in [2.05, 4.69) is 5.32 Å². The molecule has 8 nitrogen and oxygen atoms in total. The minimum Gasteiger partial charge on any atom is -0.493 e. The largest absolute Gasteiger partial charge is 0.493 e. The lowest BCUT2D eigenvalue weighted by atomic mass is 9.95. The smallest absolute Gasteiger partial charge is 0.377 e. The fourth-order valence-corrected chi connectivity index (χ4v) is 4.11. The molecule has 0 radical (unpaired) electrons. The second kappa shape index (κ2) is 8.22. The van der Waals surface area contributed by atoms with Gasteiger partial charge in [0.15, 0.2) is 6.61 Å². The van der Waals surface area contributed by atoms with Crippen LogP contribution in [-0.4, -0.2) is 44.8 Å². The van der Waals surface area contributed by atoms with Gasteiger partial charge in [0.2, 0.25) is 5.76 Å². The molecule has 0 spiro atoms. The summed E-state index contributed by atoms with van der Waals surface area (Å²) in [6.45, 7) is 0.107. The number of anilines is 1. The number of ether oxygens (including phenoxy) is 4. The second-order valence-corrected chi connectivity index (χ2v) is 6.84. The molecule has 0 atom stereocenters. The SMILES string of the molecule is COC(=O)c1c(NC(=O)COC(=O)C2=COCCO2)sc2c1CCCC2. The third kappa shape index (κ3) is 3.98. The molecule has 0 bridgehead atoms. The first-order valence-electron chi connectivity index (χ1n) is 8.24. The van der Waals surface area contributed by atoms with Gasteiger partial charge in [-0.3, -0.25) is 4.79 Å². The summed E-state index contributed by atoms with van der Waals surface area (Å²) in [5, 5.41) is 3.08. The van der Waals surface area contributed by atoms with Gasteiger partial charge in [-0.05, 0) is 31.2 Å². The van der Waals surface area contributed by atoms with E-state index in [1.54, 1.807) is 0 Å². The predicted octanol–water partition coefficient (Wildman–Crippen LogP) is 1.78. The number of methoxy groups -OCH3 is 1. The number of rotatable bonds is 5. The van der Waals surface area contributed by atoms with Gasteiger partial charge in [-0.25, -0.2) is 9.59 Å². The summed E-state index contributed by atoms with van der Waals surface area (Å²) in [5.74, 6) is -1.88. The predicted molar refractivity (Wildman–Crippen MR) is 91.9 cm³/mol. The zero-order chi connectivity index (χ0) is 18.5. The van der Waals surface area contributed by atoms with E-state index >= 15 is 0 Å². The molecule has 0 unspecified atom stereocenters. The van der Waals surface area contributed by atoms with Gasteiger partial charge in [-0.1, -0.05) is 0 Å². The summed E-state index contributed by atoms with van der Waals surface area (Å²) in [4.78, 5) is 37.2. The standard InChI is InChI=1S/C17H19NO7S/c1-22-17(21)14-10-4-2-3-5-12(10)26-15(14)18-13(19)9-25-16(20)11-8-23-6-7-24-11/h8H,2-7,9H2,1H3,(H,18,19). The average molecular weight is 381 g/mol. The minimum absolute atomic E-state index is 0.0779. The van der Waals surface area contributed by atoms with Crippen molar-refractivity contribution in [3.63, 3.8) is 0 Å². The Morgan fingerprint density at radius 1 is 1.19 bits per heavy atom. The van der Waals surface area contributed by atoms with Crippen LogP contribution in [0.2, 0.25) is 0 Å². The normalized spacial score (nSPS) is 15.7. The summed E-state index contributed by atoms with van der Waals surface area (Å²) in [6, 6.07) is 0. The summed E-state index contributed by atoms with van der Waals surface area (Å²) in [5.41, 5.74) is 1.34. The van der Waals surface area contributed by atoms with E-state index in [0.29, 0.717) is 17.2 Å². The van der Waals surface area contributed by atoms with Crippen molar-refractivity contribution in [2.75, 3.05) is 32.2 Å². The van der Waals surface area contributed by atoms with E-state index in [9.17, 15) is 14.4 Å². The highest BCUT2D eigenvalue weighted by molar-refractivity contribution is 7.17. The van der Waals surface area contributed by atoms with Crippen LogP contribution in [0.25, 0.3) is 0 Å². The number of carbonyl (C=O) groups excluding carboxylic acids is 3. The fraction of sp³-hybridized carbons (Fsp3) is 0.471. The minimum atomic E-state index is -0.779. The highest BCUT2D eigenvalue weighted by atomic mass is 32.1. The van der Waals surface area contributed by atoms with Crippen LogP contribution in [0, 0.1) is 0 Å². The summed E-state index contributed by atoms with van der Waals surface area (Å²) in [6.07, 6.45) is 4.87. The number of fused-ring (bicyclic) bond motifs is 1. The first-order chi connectivity index (χ1) is 12.6. The van der Waals surface area contributed by atoms with Gasteiger partial charge in [0.1, 0.15) is 24.5 Å². The molecule has 140 valence electrons. The zero-order valence-corrected chi connectivity index (χ0v) is 15.1. The molecule has 2 aliphatic rings. The number of hydrogen-bond donors (Lipinski definition) is 1. The molecule has 1 aliphatic carbocycles. The summed E-state index contributed by atoms with van der Waals surface area (Å²) >= 11 is 1.37. The van der Waals surface area contributed by atoms with Gasteiger partial charge in [0.25, 0.3) is 5.91 Å². The van der Waals surface area contributed by atoms with Crippen molar-refractivity contribution in [3.05, 3.63) is 28.0 Å². The number of amides is 1. The quantitative estimate of drug-likeness (QED) is 0.776. The molecule has 1 aliphatic heterocycles. The first-order valence-corrected chi connectivity index (χ1v) is 9.06. The fourth-order valence-electron chi connectivity index (χ4n) is 2.81. The third-order valence-electron chi connectivity index (χ3n) is 4.00. The highest BCUT2D eigenvalue weighted by Gasteiger charge is 2.27. The summed E-state index contributed by atoms with van der Waals surface area (Å²) < 4.78 is 19.8. The molecular formula is C17H19NO7S. The Labute approximate surface area is 154 Å². The average Bonchev–Trinajstić information content (AvgIpc) is 3.03. The van der Waals surface area contributed by atoms with Crippen molar-refractivity contribution >= 4 is 34.2 Å². The molecule has 9 heteroatoms. The number of thiophene rings is 1. The molecular weight excluding hydrogens is 362 g/mol. The maximum Gasteiger partial charge on any atom is 0.377 e. The molecule has 1 aromatic heterocycles. The van der Waals surface area contributed by atoms with E-state index < -0.39 is 24.5 Å². The van der Waals surface area contributed by atoms with E-state index in [1.165, 1.54) is 18.4 Å². The van der Waals surface area contributed by atoms with Crippen LogP contribution >= 0.6 is 11.3 Å². The van der Waals surface area contributed by atoms with Gasteiger partial charge in [-0.15, -0.1) is 11.3 Å². The Balaban J connectivity index is 1.65. The number of nitrogens with one attached hydrogen (secondary N) is 1. The Morgan fingerprint density at radius 3 is 2.73 bits per heavy atom. The van der Waals surface area contributed by atoms with E-state index in [-0.39, 0.29) is 12.4 Å². The maximum atomic E-state index is 12.2. The molecule has 0 saturated carbocycles. The van der Waals surface area contributed by atoms with Crippen molar-refractivity contribution in [1.29, 1.82) is 0 Å². The van der Waals surface area contributed by atoms with Gasteiger partial charge < -0.3 is 24.3 Å². The van der Waals surface area contributed by atoms with Gasteiger partial charge >= 0.3 is 11.9 Å². The topological polar surface area (TPSA) is 100 Å². The van der Waals surface area contributed by atoms with Crippen molar-refractivity contribution in [2.24, 2.45) is 0 Å². The Bertz CT molecular complexity index is 753. The van der Waals surface area contributed by atoms with Gasteiger partial charge in [-0.2, -0.15) is 0 Å². The number of esters is 2. The lowest BCUT2D eigenvalue weighted by Gasteiger charge is -2.14. The highest BCUT2D eigenvalue weighted by Crippen LogP contribution is 2.38. The molecule has 0 aromatic carbocycles. The Hall–Kier alpha value is -2.55. The van der Waals surface area contributed by atoms with Crippen LogP contribution in [0.4, 0.5) is 5.00 Å². The first kappa shape index (κ1) is 18.2. The molecule has 1 aromatic rings. The van der Waals surface area contributed by atoms with Crippen LogP contribution in [-0.2, 0) is 41.4 Å². The van der Waals surface area contributed by atoms with Crippen molar-refractivity contribution < 1.29 is 33.3 Å². The molecule has 1 amide bonds. The van der Waals surface area contributed by atoms with Crippen LogP contribution in [0.15, 0.2) is 12.0 Å². The Morgan fingerprint density at radius 2 is 2.00 bits per heavy atom. The lowest BCUT2D eigenvalue weighted by molar-refractivity contribution is -0.148. The molecule has 2 heterocycles. The van der Waals surface area contributed by atoms with Crippen LogP contribution in [0.5, 0.6) is 0 Å². The molecule has 0 fully saturated rings. The van der Waals surface area contributed by atoms with Crippen molar-refractivity contribution in [1.82, 2.24) is 0 Å². The van der Waals surface area contributed by atoms with Crippen LogP contribution in [0.1, 0.15) is 33.6 Å². The Kier molecular flexibility index (Phi) is 5.77. The summed E-state index contributed by atoms with van der Waals surface area (Å²) in [7, 11) is 1.31. The van der Waals surface area contributed by atoms with Crippen molar-refractivity contribution in [3.8, 4) is 0 Å². The van der Waals surface area contributed by atoms with E-state index in [1.807, 2.05) is 0 Å². The molecule has 1 N–H and O–H groups in total. The van der Waals surface area contributed by atoms with E-state index in [4.69, 9.17) is 18.9 Å². The van der Waals surface area contributed by atoms with Crippen molar-refractivity contribution in [2.45, 2.75) is 25.7 Å². The van der Waals surface area contributed by atoms with Gasteiger partial charge in [0, 0.05) is 4.88 Å². The number of aryl methyl sites for hydroxylation is 1. The lowest BCUT2D eigenvalue weighted by Crippen LogP contribution is -2.24. The molecule has 26 heavy (non-hydrogen) atoms. The number of carbonyl (C=O) groups is 3. The monoisotopic (exact) mass is 381 g/mol. The van der Waals surface area contributed by atoms with E-state index in [0.717, 1.165) is 42.4 Å². The third-order valence-corrected chi connectivity index (χ3v) is 5.21. The molecule has 3 rings (SSSR count). The van der Waals surface area contributed by atoms with Crippen LogP contribution < -0.4 is 5.32 Å². The zero-order valence-electron chi connectivity index (χ0n) is 14.3. The molecule has 0 saturated heterocycles. The number of hydrogen-bond acceptors (Lipinski definition) is 8. The van der Waals surface area contributed by atoms with Crippen LogP contribution in [0.3, 0.4) is 0 Å².